The van der Waals surface area contributed by atoms with Crippen molar-refractivity contribution in [2.45, 2.75) is 0 Å². The van der Waals surface area contributed by atoms with E-state index in [9.17, 15) is 19.8 Å². The van der Waals surface area contributed by atoms with E-state index in [0.29, 0.717) is 0 Å². The van der Waals surface area contributed by atoms with Crippen LogP contribution in [0, 0.1) is 0 Å². The summed E-state index contributed by atoms with van der Waals surface area (Å²) >= 11 is 22.1. The molecule has 0 radical (unpaired) electrons. The number of carbonyl (C=O) groups excluding carboxylic acids is 2. The van der Waals surface area contributed by atoms with E-state index in [-0.39, 0.29) is 80.1 Å². The third kappa shape index (κ3) is 8.67. The Morgan fingerprint density at radius 1 is 0.609 bits per heavy atom. The second kappa shape index (κ2) is 10.9. The molecule has 0 heterocycles. The van der Waals surface area contributed by atoms with Gasteiger partial charge in [-0.25, -0.2) is 0 Å². The summed E-state index contributed by atoms with van der Waals surface area (Å²) in [5.74, 6) is -2.57. The molecule has 0 aliphatic heterocycles. The van der Waals surface area contributed by atoms with Crippen LogP contribution in [0.5, 0.6) is 0 Å². The van der Waals surface area contributed by atoms with E-state index in [0.717, 1.165) is 0 Å². The molecule has 23 heavy (non-hydrogen) atoms. The molecule has 0 fully saturated rings. The molecule has 0 N–H and O–H groups in total. The minimum Gasteiger partial charge on any atom is -0.545 e. The number of hydrogen-bond acceptors (Lipinski definition) is 4. The van der Waals surface area contributed by atoms with Gasteiger partial charge in [0.25, 0.3) is 0 Å². The summed E-state index contributed by atoms with van der Waals surface area (Å²) in [7, 11) is 0. The summed E-state index contributed by atoms with van der Waals surface area (Å²) in [6.07, 6.45) is 0. The molecular formula is C14H6BaCl4O4. The van der Waals surface area contributed by atoms with Crippen LogP contribution in [0.3, 0.4) is 0 Å². The summed E-state index contributed by atoms with van der Waals surface area (Å²) in [5, 5.41) is 21.7. The van der Waals surface area contributed by atoms with Crippen LogP contribution in [-0.2, 0) is 0 Å². The number of carboxylic acids is 2. The maximum Gasteiger partial charge on any atom is 2.00 e. The first-order chi connectivity index (χ1) is 10.2. The van der Waals surface area contributed by atoms with Crippen molar-refractivity contribution in [3.8, 4) is 0 Å². The fourth-order valence-electron chi connectivity index (χ4n) is 1.34. The molecule has 0 saturated heterocycles. The zero-order chi connectivity index (χ0) is 16.9. The number of halogens is 4. The summed E-state index contributed by atoms with van der Waals surface area (Å²) in [6, 6.07) is 8.03. The van der Waals surface area contributed by atoms with Crippen molar-refractivity contribution < 1.29 is 19.8 Å². The summed E-state index contributed by atoms with van der Waals surface area (Å²) < 4.78 is 0. The predicted molar refractivity (Wildman–Crippen MR) is 87.3 cm³/mol. The van der Waals surface area contributed by atoms with Gasteiger partial charge in [-0.2, -0.15) is 0 Å². The number of hydrogen-bond donors (Lipinski definition) is 0. The van der Waals surface area contributed by atoms with Crippen molar-refractivity contribution in [2.75, 3.05) is 0 Å². The van der Waals surface area contributed by atoms with Gasteiger partial charge in [0.15, 0.2) is 0 Å². The Hall–Kier alpha value is 0.111. The standard InChI is InChI=1S/2C7H4Cl2O2.Ba/c2*8-5-1-4(7(10)11)2-6(9)3-5;/h2*1-3H,(H,10,11);/q;;+2/p-2. The molecule has 2 aromatic rings. The molecule has 4 nitrogen and oxygen atoms in total. The molecular weight excluding hydrogens is 511 g/mol. The van der Waals surface area contributed by atoms with Gasteiger partial charge in [-0.15, -0.1) is 0 Å². The molecule has 2 aromatic carbocycles. The second-order valence-corrected chi connectivity index (χ2v) is 5.64. The Labute approximate surface area is 192 Å². The monoisotopic (exact) mass is 516 g/mol. The van der Waals surface area contributed by atoms with Crippen molar-refractivity contribution >= 4 is 107 Å². The van der Waals surface area contributed by atoms with Crippen LogP contribution in [0.25, 0.3) is 0 Å². The van der Waals surface area contributed by atoms with Crippen LogP contribution in [0.15, 0.2) is 36.4 Å². The average Bonchev–Trinajstić information content (AvgIpc) is 2.37. The molecule has 0 bridgehead atoms. The Kier molecular flexibility index (Phi) is 10.9. The maximum absolute atomic E-state index is 10.3. The van der Waals surface area contributed by atoms with Gasteiger partial charge in [-0.1, -0.05) is 46.4 Å². The van der Waals surface area contributed by atoms with E-state index >= 15 is 0 Å². The van der Waals surface area contributed by atoms with E-state index in [4.69, 9.17) is 46.4 Å². The van der Waals surface area contributed by atoms with Crippen molar-refractivity contribution in [1.82, 2.24) is 0 Å². The fraction of sp³-hybridized carbons (Fsp3) is 0. The maximum atomic E-state index is 10.3. The Morgan fingerprint density at radius 3 is 1.00 bits per heavy atom. The molecule has 0 aliphatic carbocycles. The summed E-state index contributed by atoms with van der Waals surface area (Å²) in [4.78, 5) is 20.6. The van der Waals surface area contributed by atoms with E-state index in [1.54, 1.807) is 0 Å². The second-order valence-electron chi connectivity index (χ2n) is 3.89. The number of carboxylic acid groups (broad SMARTS) is 2. The van der Waals surface area contributed by atoms with Crippen LogP contribution in [0.4, 0.5) is 0 Å². The number of carbonyl (C=O) groups is 2. The molecule has 0 unspecified atom stereocenters. The molecule has 2 rings (SSSR count). The fourth-order valence-corrected chi connectivity index (χ4v) is 2.40. The van der Waals surface area contributed by atoms with Gasteiger partial charge in [-0.05, 0) is 36.4 Å². The molecule has 0 aliphatic rings. The van der Waals surface area contributed by atoms with Gasteiger partial charge >= 0.3 is 48.9 Å². The predicted octanol–water partition coefficient (Wildman–Crippen LogP) is 2.33. The Bertz CT molecular complexity index is 620. The topological polar surface area (TPSA) is 80.3 Å². The zero-order valence-electron chi connectivity index (χ0n) is 11.3. The van der Waals surface area contributed by atoms with Crippen LogP contribution in [0.2, 0.25) is 20.1 Å². The van der Waals surface area contributed by atoms with Gasteiger partial charge in [0.05, 0.1) is 11.9 Å². The third-order valence-electron chi connectivity index (χ3n) is 2.20. The van der Waals surface area contributed by atoms with Gasteiger partial charge in [-0.3, -0.25) is 0 Å². The van der Waals surface area contributed by atoms with Gasteiger partial charge in [0.1, 0.15) is 0 Å². The number of benzene rings is 2. The van der Waals surface area contributed by atoms with E-state index in [1.165, 1.54) is 36.4 Å². The molecule has 0 saturated carbocycles. The zero-order valence-corrected chi connectivity index (χ0v) is 18.8. The van der Waals surface area contributed by atoms with Crippen molar-refractivity contribution in [1.29, 1.82) is 0 Å². The minimum absolute atomic E-state index is 0. The number of rotatable bonds is 2. The molecule has 9 heteroatoms. The normalized spacial score (nSPS) is 9.22. The summed E-state index contributed by atoms with van der Waals surface area (Å²) in [6.45, 7) is 0. The van der Waals surface area contributed by atoms with Crippen LogP contribution in [0.1, 0.15) is 20.7 Å². The van der Waals surface area contributed by atoms with Crippen molar-refractivity contribution in [2.24, 2.45) is 0 Å². The van der Waals surface area contributed by atoms with Crippen molar-refractivity contribution in [3.63, 3.8) is 0 Å². The minimum atomic E-state index is -1.28. The van der Waals surface area contributed by atoms with Crippen LogP contribution in [-0.4, -0.2) is 60.8 Å². The van der Waals surface area contributed by atoms with Gasteiger partial charge in [0, 0.05) is 31.2 Å². The first-order valence-corrected chi connectivity index (χ1v) is 7.05. The van der Waals surface area contributed by atoms with Gasteiger partial charge < -0.3 is 19.8 Å². The molecule has 0 spiro atoms. The molecule has 0 atom stereocenters. The van der Waals surface area contributed by atoms with Crippen molar-refractivity contribution in [3.05, 3.63) is 67.6 Å². The van der Waals surface area contributed by atoms with Gasteiger partial charge in [0.2, 0.25) is 0 Å². The smallest absolute Gasteiger partial charge is 0.545 e. The largest absolute Gasteiger partial charge is 2.00 e. The molecule has 116 valence electrons. The first-order valence-electron chi connectivity index (χ1n) is 5.54. The molecule has 0 amide bonds. The van der Waals surface area contributed by atoms with E-state index in [2.05, 4.69) is 0 Å². The Balaban J connectivity index is 0.000000403. The van der Waals surface area contributed by atoms with E-state index < -0.39 is 11.9 Å². The first kappa shape index (κ1) is 23.1. The van der Waals surface area contributed by atoms with E-state index in [1.807, 2.05) is 0 Å². The third-order valence-corrected chi connectivity index (χ3v) is 3.07. The average molecular weight is 517 g/mol. The SMILES string of the molecule is O=C([O-])c1cc(Cl)cc(Cl)c1.O=C([O-])c1cc(Cl)cc(Cl)c1.[Ba+2]. The summed E-state index contributed by atoms with van der Waals surface area (Å²) in [5.41, 5.74) is -0.0231. The van der Waals surface area contributed by atoms with Crippen LogP contribution >= 0.6 is 46.4 Å². The number of aromatic carboxylic acids is 2. The Morgan fingerprint density at radius 2 is 0.826 bits per heavy atom. The van der Waals surface area contributed by atoms with Crippen LogP contribution < -0.4 is 10.2 Å². The molecule has 0 aromatic heterocycles. The quantitative estimate of drug-likeness (QED) is 0.573.